The average molecular weight is 220 g/mol. The molecular formula is C9H16O6. The summed E-state index contributed by atoms with van der Waals surface area (Å²) in [4.78, 5) is 21.2. The van der Waals surface area contributed by atoms with Crippen molar-refractivity contribution >= 4 is 11.9 Å². The van der Waals surface area contributed by atoms with Crippen molar-refractivity contribution in [3.8, 4) is 0 Å². The van der Waals surface area contributed by atoms with Crippen LogP contribution in [0.15, 0.2) is 0 Å². The molecule has 0 bridgehead atoms. The minimum atomic E-state index is -1.04. The molecule has 0 aromatic carbocycles. The van der Waals surface area contributed by atoms with Gasteiger partial charge in [0.05, 0.1) is 12.8 Å². The van der Waals surface area contributed by atoms with Gasteiger partial charge in [-0.1, -0.05) is 0 Å². The first-order chi connectivity index (χ1) is 6.95. The average Bonchev–Trinajstić information content (AvgIpc) is 2.14. The second kappa shape index (κ2) is 7.19. The predicted molar refractivity (Wildman–Crippen MR) is 50.0 cm³/mol. The Bertz CT molecular complexity index is 215. The molecule has 0 rings (SSSR count). The number of hydrogen-bond acceptors (Lipinski definition) is 5. The highest BCUT2D eigenvalue weighted by Gasteiger charge is 2.13. The number of carbonyl (C=O) groups excluding carboxylic acids is 1. The summed E-state index contributed by atoms with van der Waals surface area (Å²) in [5, 5.41) is 8.32. The van der Waals surface area contributed by atoms with E-state index in [1.807, 2.05) is 0 Å². The Kier molecular flexibility index (Phi) is 6.64. The Morgan fingerprint density at radius 2 is 1.80 bits per heavy atom. The molecule has 2 atom stereocenters. The summed E-state index contributed by atoms with van der Waals surface area (Å²) < 4.78 is 14.6. The fourth-order valence-corrected chi connectivity index (χ4v) is 0.806. The van der Waals surface area contributed by atoms with Crippen LogP contribution in [0.4, 0.5) is 0 Å². The Morgan fingerprint density at radius 1 is 1.20 bits per heavy atom. The third kappa shape index (κ3) is 7.90. The monoisotopic (exact) mass is 220 g/mol. The Morgan fingerprint density at radius 3 is 2.27 bits per heavy atom. The van der Waals surface area contributed by atoms with Crippen molar-refractivity contribution in [3.05, 3.63) is 0 Å². The molecule has 0 aliphatic carbocycles. The molecule has 0 saturated carbocycles. The van der Waals surface area contributed by atoms with E-state index in [1.54, 1.807) is 6.92 Å². The molecule has 6 heteroatoms. The van der Waals surface area contributed by atoms with Crippen LogP contribution < -0.4 is 0 Å². The van der Waals surface area contributed by atoms with E-state index in [1.165, 1.54) is 14.0 Å². The first-order valence-corrected chi connectivity index (χ1v) is 4.55. The van der Waals surface area contributed by atoms with Gasteiger partial charge in [0.2, 0.25) is 6.29 Å². The van der Waals surface area contributed by atoms with Crippen LogP contribution in [0.25, 0.3) is 0 Å². The third-order valence-corrected chi connectivity index (χ3v) is 1.56. The van der Waals surface area contributed by atoms with Gasteiger partial charge in [-0.2, -0.15) is 0 Å². The van der Waals surface area contributed by atoms with Crippen LogP contribution in [-0.2, 0) is 23.8 Å². The molecule has 0 amide bonds. The fraction of sp³-hybridized carbons (Fsp3) is 0.778. The highest BCUT2D eigenvalue weighted by molar-refractivity contribution is 5.76. The molecule has 1 N–H and O–H groups in total. The van der Waals surface area contributed by atoms with Crippen LogP contribution in [0, 0.1) is 0 Å². The maximum absolute atomic E-state index is 11.0. The quantitative estimate of drug-likeness (QED) is 0.503. The highest BCUT2D eigenvalue weighted by Crippen LogP contribution is 2.03. The molecule has 0 aromatic rings. The zero-order valence-electron chi connectivity index (χ0n) is 9.06. The number of carboxylic acids is 1. The SMILES string of the molecule is COC(C)OC(C)OC(=O)CCC(=O)O. The van der Waals surface area contributed by atoms with E-state index in [-0.39, 0.29) is 12.8 Å². The Hall–Kier alpha value is -1.14. The maximum Gasteiger partial charge on any atom is 0.308 e. The molecule has 6 nitrogen and oxygen atoms in total. The Labute approximate surface area is 88.1 Å². The first kappa shape index (κ1) is 13.9. The number of hydrogen-bond donors (Lipinski definition) is 1. The van der Waals surface area contributed by atoms with Gasteiger partial charge in [0.1, 0.15) is 0 Å². The summed E-state index contributed by atoms with van der Waals surface area (Å²) in [5.41, 5.74) is 0. The van der Waals surface area contributed by atoms with Gasteiger partial charge < -0.3 is 19.3 Å². The summed E-state index contributed by atoms with van der Waals surface area (Å²) >= 11 is 0. The maximum atomic E-state index is 11.0. The summed E-state index contributed by atoms with van der Waals surface area (Å²) in [6.07, 6.45) is -1.64. The van der Waals surface area contributed by atoms with Gasteiger partial charge in [-0.15, -0.1) is 0 Å². The summed E-state index contributed by atoms with van der Waals surface area (Å²) in [6.45, 7) is 3.19. The van der Waals surface area contributed by atoms with Crippen LogP contribution in [0.1, 0.15) is 26.7 Å². The standard InChI is InChI=1S/C9H16O6/c1-6(13-3)14-7(2)15-9(12)5-4-8(10)11/h6-7H,4-5H2,1-3H3,(H,10,11). The van der Waals surface area contributed by atoms with Gasteiger partial charge >= 0.3 is 11.9 Å². The van der Waals surface area contributed by atoms with Crippen LogP contribution >= 0.6 is 0 Å². The van der Waals surface area contributed by atoms with Crippen LogP contribution in [0.5, 0.6) is 0 Å². The van der Waals surface area contributed by atoms with E-state index in [0.717, 1.165) is 0 Å². The number of rotatable bonds is 7. The zero-order valence-corrected chi connectivity index (χ0v) is 9.06. The molecule has 0 radical (unpaired) electrons. The molecule has 0 spiro atoms. The summed E-state index contributed by atoms with van der Waals surface area (Å²) in [5.74, 6) is -1.64. The smallest absolute Gasteiger partial charge is 0.308 e. The van der Waals surface area contributed by atoms with Gasteiger partial charge in [0, 0.05) is 7.11 Å². The van der Waals surface area contributed by atoms with E-state index >= 15 is 0 Å². The molecule has 0 aromatic heterocycles. The summed E-state index contributed by atoms with van der Waals surface area (Å²) in [6, 6.07) is 0. The number of carbonyl (C=O) groups is 2. The fourth-order valence-electron chi connectivity index (χ4n) is 0.806. The van der Waals surface area contributed by atoms with Gasteiger partial charge in [-0.05, 0) is 13.8 Å². The molecule has 0 heterocycles. The van der Waals surface area contributed by atoms with Gasteiger partial charge in [0.15, 0.2) is 6.29 Å². The number of esters is 1. The van der Waals surface area contributed by atoms with E-state index in [4.69, 9.17) is 19.3 Å². The molecule has 0 fully saturated rings. The predicted octanol–water partition coefficient (Wildman–Crippen LogP) is 0.749. The Balaban J connectivity index is 3.71. The van der Waals surface area contributed by atoms with Crippen molar-refractivity contribution in [2.45, 2.75) is 39.3 Å². The largest absolute Gasteiger partial charge is 0.481 e. The van der Waals surface area contributed by atoms with Crippen molar-refractivity contribution in [3.63, 3.8) is 0 Å². The topological polar surface area (TPSA) is 82.1 Å². The lowest BCUT2D eigenvalue weighted by molar-refractivity contribution is -0.222. The molecule has 2 unspecified atom stereocenters. The molecule has 0 aliphatic heterocycles. The molecule has 0 aliphatic rings. The molecule has 88 valence electrons. The van der Waals surface area contributed by atoms with E-state index in [2.05, 4.69) is 0 Å². The number of ether oxygens (including phenoxy) is 3. The van der Waals surface area contributed by atoms with Crippen molar-refractivity contribution in [2.75, 3.05) is 7.11 Å². The normalized spacial score (nSPS) is 14.3. The second-order valence-corrected chi connectivity index (χ2v) is 2.89. The molecule has 0 saturated heterocycles. The lowest BCUT2D eigenvalue weighted by atomic mass is 10.3. The van der Waals surface area contributed by atoms with Crippen molar-refractivity contribution in [1.82, 2.24) is 0 Å². The number of methoxy groups -OCH3 is 1. The third-order valence-electron chi connectivity index (χ3n) is 1.56. The lowest BCUT2D eigenvalue weighted by Crippen LogP contribution is -2.24. The summed E-state index contributed by atoms with van der Waals surface area (Å²) in [7, 11) is 1.46. The van der Waals surface area contributed by atoms with Gasteiger partial charge in [-0.25, -0.2) is 0 Å². The second-order valence-electron chi connectivity index (χ2n) is 2.89. The van der Waals surface area contributed by atoms with E-state index < -0.39 is 24.5 Å². The van der Waals surface area contributed by atoms with Gasteiger partial charge in [0.25, 0.3) is 0 Å². The molecular weight excluding hydrogens is 204 g/mol. The number of aliphatic carboxylic acids is 1. The van der Waals surface area contributed by atoms with Crippen molar-refractivity contribution in [1.29, 1.82) is 0 Å². The lowest BCUT2D eigenvalue weighted by Gasteiger charge is -2.17. The van der Waals surface area contributed by atoms with Gasteiger partial charge in [-0.3, -0.25) is 9.59 Å². The minimum Gasteiger partial charge on any atom is -0.481 e. The van der Waals surface area contributed by atoms with Crippen molar-refractivity contribution < 1.29 is 28.9 Å². The molecule has 15 heavy (non-hydrogen) atoms. The van der Waals surface area contributed by atoms with Crippen LogP contribution in [0.3, 0.4) is 0 Å². The number of carboxylic acid groups (broad SMARTS) is 1. The first-order valence-electron chi connectivity index (χ1n) is 4.55. The zero-order chi connectivity index (χ0) is 11.8. The minimum absolute atomic E-state index is 0.162. The van der Waals surface area contributed by atoms with E-state index in [9.17, 15) is 9.59 Å². The van der Waals surface area contributed by atoms with Crippen LogP contribution in [-0.4, -0.2) is 36.7 Å². The van der Waals surface area contributed by atoms with Crippen molar-refractivity contribution in [2.24, 2.45) is 0 Å². The van der Waals surface area contributed by atoms with E-state index in [0.29, 0.717) is 0 Å². The highest BCUT2D eigenvalue weighted by atomic mass is 16.8. The van der Waals surface area contributed by atoms with Crippen LogP contribution in [0.2, 0.25) is 0 Å².